The molecule has 0 bridgehead atoms. The molecule has 15 heteroatoms. The van der Waals surface area contributed by atoms with Crippen LogP contribution in [-0.2, 0) is 38.0 Å². The Bertz CT molecular complexity index is 1520. The Hall–Kier alpha value is -3.12. The Labute approximate surface area is 349 Å². The first-order chi connectivity index (χ1) is 27.7. The molecule has 3 rings (SSSR count). The highest BCUT2D eigenvalue weighted by Gasteiger charge is 2.52. The molecule has 3 aliphatic rings. The molecular formula is C44H71NO14. The average molecular weight is 838 g/mol. The van der Waals surface area contributed by atoms with Gasteiger partial charge < -0.3 is 64.4 Å². The first kappa shape index (κ1) is 50.2. The van der Waals surface area contributed by atoms with E-state index in [0.29, 0.717) is 12.0 Å². The molecule has 0 radical (unpaired) electrons. The van der Waals surface area contributed by atoms with Crippen LogP contribution in [0.25, 0.3) is 0 Å². The number of methoxy groups -OCH3 is 2. The number of cyclic esters (lactones) is 1. The number of carbonyl (C=O) groups is 2. The summed E-state index contributed by atoms with van der Waals surface area (Å²) in [6, 6.07) is 0. The van der Waals surface area contributed by atoms with Crippen molar-refractivity contribution in [3.05, 3.63) is 59.4 Å². The van der Waals surface area contributed by atoms with Crippen LogP contribution in [0, 0.1) is 29.6 Å². The molecule has 0 aromatic carbocycles. The fourth-order valence-corrected chi connectivity index (χ4v) is 8.17. The van der Waals surface area contributed by atoms with Gasteiger partial charge in [-0.15, -0.1) is 0 Å². The molecule has 0 aromatic rings. The lowest BCUT2D eigenvalue weighted by Crippen LogP contribution is -2.59. The maximum Gasteiger partial charge on any atom is 0.404 e. The van der Waals surface area contributed by atoms with Crippen LogP contribution in [0.15, 0.2) is 59.4 Å². The van der Waals surface area contributed by atoms with Crippen LogP contribution in [0.2, 0.25) is 0 Å². The lowest BCUT2D eigenvalue weighted by molar-refractivity contribution is -0.338. The predicted octanol–water partition coefficient (Wildman–Crippen LogP) is 4.35. The van der Waals surface area contributed by atoms with Crippen molar-refractivity contribution in [1.82, 2.24) is 0 Å². The maximum absolute atomic E-state index is 13.8. The topological polar surface area (TPSA) is 226 Å². The molecule has 3 heterocycles. The standard InChI is InChI=1S/C44H71NO14/c1-12-14-34-27(6)37(56-38-21-33(48)41(30(9)55-38)58-43(45)51)22-44(52,59-34)29(8)39(49)28(7)40-35(53-10)16-13-15-23(2)17-25(4)31(46)20-32(47)26(5)18-24(3)19-36(54-11)42(50)57-40/h12-16,18-19,25-35,37-41,46-49,52H,17,20-22H2,1-11H3,(H2,45,51)/b14-12+,16-13+,23-15+,24-18+,36-19-/t25-,26-,27-,28+,29+,30?,31-,32+,33?,34-,35+,37?,38?,39-,40-,41?,44-/m1/s1. The van der Waals surface area contributed by atoms with Crippen molar-refractivity contribution in [3.63, 3.8) is 0 Å². The lowest BCUT2D eigenvalue weighted by atomic mass is 9.77. The Kier molecular flexibility index (Phi) is 19.3. The Morgan fingerprint density at radius 2 is 1.73 bits per heavy atom. The molecule has 59 heavy (non-hydrogen) atoms. The van der Waals surface area contributed by atoms with E-state index < -0.39 is 97.0 Å². The Morgan fingerprint density at radius 1 is 1.05 bits per heavy atom. The zero-order valence-electron chi connectivity index (χ0n) is 36.6. The summed E-state index contributed by atoms with van der Waals surface area (Å²) < 4.78 is 41.2. The molecule has 336 valence electrons. The van der Waals surface area contributed by atoms with Crippen LogP contribution < -0.4 is 5.73 Å². The molecule has 15 nitrogen and oxygen atoms in total. The van der Waals surface area contributed by atoms with Crippen molar-refractivity contribution in [1.29, 1.82) is 0 Å². The number of allylic oxidation sites excluding steroid dienone is 6. The van der Waals surface area contributed by atoms with E-state index in [9.17, 15) is 35.1 Å². The number of ether oxygens (including phenoxy) is 7. The van der Waals surface area contributed by atoms with Gasteiger partial charge in [0.05, 0.1) is 49.8 Å². The molecule has 2 saturated heterocycles. The van der Waals surface area contributed by atoms with Gasteiger partial charge in [0.2, 0.25) is 5.76 Å². The lowest BCUT2D eigenvalue weighted by Gasteiger charge is -2.49. The third-order valence-corrected chi connectivity index (χ3v) is 12.0. The SMILES string of the molecule is C/C=C/[C@H]1O[C@@](O)([C@@H](C)[C@H](O)[C@H](C)[C@H]2OC(=O)/C(OC)=C/C(C)=C/[C@@H](C)[C@@H](O)C[C@@H](O)[C@H](C)C/C(C)=C/C=C/[C@@H]2OC)CC(OC2CC(O)C(OC(N)=O)C(C)O2)[C@@H]1C. The molecule has 17 atom stereocenters. The van der Waals surface area contributed by atoms with Gasteiger partial charge in [-0.3, -0.25) is 0 Å². The van der Waals surface area contributed by atoms with Crippen LogP contribution in [0.5, 0.6) is 0 Å². The van der Waals surface area contributed by atoms with Crippen molar-refractivity contribution in [2.24, 2.45) is 35.3 Å². The number of amides is 1. The van der Waals surface area contributed by atoms with Crippen LogP contribution >= 0.6 is 0 Å². The largest absolute Gasteiger partial charge is 0.490 e. The maximum atomic E-state index is 13.8. The molecule has 7 N–H and O–H groups in total. The molecule has 0 aliphatic carbocycles. The van der Waals surface area contributed by atoms with Gasteiger partial charge in [-0.05, 0) is 46.1 Å². The minimum atomic E-state index is -1.97. The highest BCUT2D eigenvalue weighted by atomic mass is 16.7. The van der Waals surface area contributed by atoms with E-state index in [1.165, 1.54) is 20.3 Å². The van der Waals surface area contributed by atoms with E-state index in [1.54, 1.807) is 58.1 Å². The number of hydrogen-bond acceptors (Lipinski definition) is 14. The van der Waals surface area contributed by atoms with E-state index in [4.69, 9.17) is 38.9 Å². The zero-order valence-corrected chi connectivity index (χ0v) is 36.6. The van der Waals surface area contributed by atoms with Gasteiger partial charge in [0.15, 0.2) is 18.2 Å². The fourth-order valence-electron chi connectivity index (χ4n) is 8.17. The van der Waals surface area contributed by atoms with Crippen molar-refractivity contribution in [2.45, 2.75) is 161 Å². The van der Waals surface area contributed by atoms with E-state index in [1.807, 2.05) is 40.7 Å². The van der Waals surface area contributed by atoms with Gasteiger partial charge in [0.25, 0.3) is 0 Å². The number of aliphatic hydroxyl groups is 5. The van der Waals surface area contributed by atoms with Gasteiger partial charge in [0.1, 0.15) is 12.2 Å². The fraction of sp³-hybridized carbons (Fsp3) is 0.727. The quantitative estimate of drug-likeness (QED) is 0.133. The number of nitrogens with two attached hydrogens (primary N) is 1. The highest BCUT2D eigenvalue weighted by molar-refractivity contribution is 5.87. The summed E-state index contributed by atoms with van der Waals surface area (Å²) in [6.07, 6.45) is 1.79. The summed E-state index contributed by atoms with van der Waals surface area (Å²) in [5.41, 5.74) is 6.77. The average Bonchev–Trinajstić information content (AvgIpc) is 3.16. The minimum Gasteiger partial charge on any atom is -0.490 e. The molecule has 2 fully saturated rings. The molecule has 0 aromatic heterocycles. The Balaban J connectivity index is 1.98. The van der Waals surface area contributed by atoms with Crippen molar-refractivity contribution < 1.29 is 68.3 Å². The molecule has 0 spiro atoms. The Morgan fingerprint density at radius 3 is 2.32 bits per heavy atom. The summed E-state index contributed by atoms with van der Waals surface area (Å²) >= 11 is 0. The molecule has 1 amide bonds. The van der Waals surface area contributed by atoms with Crippen molar-refractivity contribution in [2.75, 3.05) is 14.2 Å². The molecule has 5 unspecified atom stereocenters. The van der Waals surface area contributed by atoms with Gasteiger partial charge in [-0.1, -0.05) is 82.2 Å². The third-order valence-electron chi connectivity index (χ3n) is 12.0. The number of aliphatic hydroxyl groups excluding tert-OH is 4. The van der Waals surface area contributed by atoms with Gasteiger partial charge >= 0.3 is 12.1 Å². The highest BCUT2D eigenvalue weighted by Crippen LogP contribution is 2.42. The second-order valence-corrected chi connectivity index (χ2v) is 16.8. The zero-order chi connectivity index (χ0) is 44.4. The van der Waals surface area contributed by atoms with E-state index in [0.717, 1.165) is 5.57 Å². The summed E-state index contributed by atoms with van der Waals surface area (Å²) in [4.78, 5) is 25.2. The summed E-state index contributed by atoms with van der Waals surface area (Å²) in [7, 11) is 2.80. The molecule has 3 aliphatic heterocycles. The predicted molar refractivity (Wildman–Crippen MR) is 219 cm³/mol. The van der Waals surface area contributed by atoms with Gasteiger partial charge in [-0.25, -0.2) is 9.59 Å². The number of primary amides is 1. The van der Waals surface area contributed by atoms with E-state index in [-0.39, 0.29) is 42.8 Å². The van der Waals surface area contributed by atoms with E-state index >= 15 is 0 Å². The van der Waals surface area contributed by atoms with Crippen LogP contribution in [0.4, 0.5) is 4.79 Å². The summed E-state index contributed by atoms with van der Waals surface area (Å²) in [5.74, 6) is -5.57. The molecule has 0 saturated carbocycles. The normalized spacial score (nSPS) is 41.9. The minimum absolute atomic E-state index is 0.0306. The first-order valence-corrected chi connectivity index (χ1v) is 20.7. The summed E-state index contributed by atoms with van der Waals surface area (Å²) in [6.45, 7) is 16.1. The molecular weight excluding hydrogens is 766 g/mol. The van der Waals surface area contributed by atoms with Gasteiger partial charge in [0, 0.05) is 50.0 Å². The number of hydrogen-bond donors (Lipinski definition) is 6. The third kappa shape index (κ3) is 13.7. The van der Waals surface area contributed by atoms with Crippen LogP contribution in [0.1, 0.15) is 88.0 Å². The smallest absolute Gasteiger partial charge is 0.404 e. The van der Waals surface area contributed by atoms with Crippen molar-refractivity contribution in [3.8, 4) is 0 Å². The monoisotopic (exact) mass is 837 g/mol. The van der Waals surface area contributed by atoms with Crippen molar-refractivity contribution >= 4 is 12.1 Å². The van der Waals surface area contributed by atoms with Crippen LogP contribution in [-0.4, -0.2) is 125 Å². The number of rotatable bonds is 10. The number of carbonyl (C=O) groups excluding carboxylic acids is 2. The van der Waals surface area contributed by atoms with E-state index in [2.05, 4.69) is 0 Å². The van der Waals surface area contributed by atoms with Crippen LogP contribution in [0.3, 0.4) is 0 Å². The second kappa shape index (κ2) is 22.6. The summed E-state index contributed by atoms with van der Waals surface area (Å²) in [5, 5.41) is 57.0. The second-order valence-electron chi connectivity index (χ2n) is 16.8. The number of esters is 1. The van der Waals surface area contributed by atoms with Gasteiger partial charge in [-0.2, -0.15) is 0 Å². The first-order valence-electron chi connectivity index (χ1n) is 20.7.